The van der Waals surface area contributed by atoms with Crippen LogP contribution in [-0.2, 0) is 4.79 Å². The van der Waals surface area contributed by atoms with Crippen LogP contribution in [0.5, 0.6) is 11.5 Å². The number of pyridine rings is 1. The summed E-state index contributed by atoms with van der Waals surface area (Å²) in [5, 5.41) is 6.88. The van der Waals surface area contributed by atoms with Gasteiger partial charge in [0, 0.05) is 25.3 Å². The van der Waals surface area contributed by atoms with Crippen LogP contribution in [0.3, 0.4) is 0 Å². The monoisotopic (exact) mass is 624 g/mol. The van der Waals surface area contributed by atoms with E-state index in [1.54, 1.807) is 17.2 Å². The summed E-state index contributed by atoms with van der Waals surface area (Å²) >= 11 is 1.27. The fourth-order valence-electron chi connectivity index (χ4n) is 6.53. The molecule has 0 bridgehead atoms. The molecule has 2 fully saturated rings. The molecule has 4 amide bonds. The average Bonchev–Trinajstić information content (AvgIpc) is 3.42. The number of hydrogen-bond donors (Lipinski definition) is 2. The van der Waals surface area contributed by atoms with Crippen LogP contribution in [-0.4, -0.2) is 71.4 Å². The molecule has 7 rings (SSSR count). The Bertz CT molecular complexity index is 1750. The molecule has 3 aliphatic rings. The first-order valence-electron chi connectivity index (χ1n) is 15.6. The van der Waals surface area contributed by atoms with E-state index in [4.69, 9.17) is 4.74 Å². The van der Waals surface area contributed by atoms with Gasteiger partial charge in [-0.3, -0.25) is 19.4 Å². The predicted octanol–water partition coefficient (Wildman–Crippen LogP) is 6.29. The zero-order valence-corrected chi connectivity index (χ0v) is 26.1. The molecule has 45 heavy (non-hydrogen) atoms. The highest BCUT2D eigenvalue weighted by atomic mass is 32.1. The number of aromatic nitrogens is 1. The van der Waals surface area contributed by atoms with Gasteiger partial charge in [-0.1, -0.05) is 24.6 Å². The number of rotatable bonds is 7. The normalized spacial score (nSPS) is 18.5. The van der Waals surface area contributed by atoms with Crippen LogP contribution in [0.25, 0.3) is 10.2 Å². The van der Waals surface area contributed by atoms with E-state index in [2.05, 4.69) is 20.5 Å². The summed E-state index contributed by atoms with van der Waals surface area (Å²) in [4.78, 5) is 51.7. The summed E-state index contributed by atoms with van der Waals surface area (Å²) in [6.07, 6.45) is 6.82. The number of piperidine rings is 2. The zero-order chi connectivity index (χ0) is 30.9. The Morgan fingerprint density at radius 1 is 1.00 bits per heavy atom. The number of nitrogens with one attached hydrogen (secondary N) is 2. The lowest BCUT2D eigenvalue weighted by Crippen LogP contribution is -2.52. The lowest BCUT2D eigenvalue weighted by molar-refractivity contribution is -0.134. The minimum atomic E-state index is -0.352. The van der Waals surface area contributed by atoms with Crippen LogP contribution in [0.2, 0.25) is 0 Å². The van der Waals surface area contributed by atoms with Crippen molar-refractivity contribution < 1.29 is 19.1 Å². The molecule has 2 aromatic carbocycles. The van der Waals surface area contributed by atoms with Crippen molar-refractivity contribution >= 4 is 56.5 Å². The molecule has 5 heterocycles. The topological polar surface area (TPSA) is 107 Å². The number of aryl methyl sites for hydroxylation is 1. The summed E-state index contributed by atoms with van der Waals surface area (Å²) in [5.41, 5.74) is 2.71. The molecular weight excluding hydrogens is 588 g/mol. The Kier molecular flexibility index (Phi) is 8.12. The Balaban J connectivity index is 1.09. The van der Waals surface area contributed by atoms with Gasteiger partial charge >= 0.3 is 6.03 Å². The van der Waals surface area contributed by atoms with Gasteiger partial charge in [0.2, 0.25) is 5.91 Å². The summed E-state index contributed by atoms with van der Waals surface area (Å²) < 4.78 is 5.99. The molecule has 2 aromatic heterocycles. The lowest BCUT2D eigenvalue weighted by Gasteiger charge is -2.35. The third kappa shape index (κ3) is 5.97. The highest BCUT2D eigenvalue weighted by molar-refractivity contribution is 7.21. The molecule has 2 N–H and O–H groups in total. The van der Waals surface area contributed by atoms with Crippen LogP contribution < -0.4 is 20.3 Å². The number of anilines is 3. The molecule has 0 aliphatic carbocycles. The first kappa shape index (κ1) is 29.2. The van der Waals surface area contributed by atoms with Gasteiger partial charge in [0.15, 0.2) is 0 Å². The van der Waals surface area contributed by atoms with Crippen molar-refractivity contribution in [1.29, 1.82) is 0 Å². The van der Waals surface area contributed by atoms with Crippen molar-refractivity contribution in [2.75, 3.05) is 42.9 Å². The number of urea groups is 1. The molecule has 1 atom stereocenters. The third-order valence-electron chi connectivity index (χ3n) is 8.76. The van der Waals surface area contributed by atoms with E-state index in [9.17, 15) is 14.4 Å². The summed E-state index contributed by atoms with van der Waals surface area (Å²) in [7, 11) is 0. The maximum atomic E-state index is 13.7. The smallest absolute Gasteiger partial charge is 0.331 e. The number of para-hydroxylation sites is 1. The van der Waals surface area contributed by atoms with E-state index < -0.39 is 0 Å². The molecule has 1 unspecified atom stereocenters. The molecule has 0 saturated carbocycles. The number of benzene rings is 2. The second kappa shape index (κ2) is 12.5. The van der Waals surface area contributed by atoms with Gasteiger partial charge in [0.1, 0.15) is 21.2 Å². The summed E-state index contributed by atoms with van der Waals surface area (Å²) in [6.45, 7) is 5.53. The summed E-state index contributed by atoms with van der Waals surface area (Å²) in [5.74, 6) is 1.27. The quantitative estimate of drug-likeness (QED) is 0.250. The van der Waals surface area contributed by atoms with Gasteiger partial charge in [-0.05, 0) is 87.7 Å². The van der Waals surface area contributed by atoms with Gasteiger partial charge in [-0.25, -0.2) is 9.78 Å². The first-order valence-corrected chi connectivity index (χ1v) is 16.4. The maximum absolute atomic E-state index is 13.7. The average molecular weight is 625 g/mol. The van der Waals surface area contributed by atoms with Crippen molar-refractivity contribution in [2.24, 2.45) is 0 Å². The minimum Gasteiger partial charge on any atom is -0.457 e. The van der Waals surface area contributed by atoms with Crippen molar-refractivity contribution in [3.8, 4) is 11.5 Å². The number of ether oxygens (including phenoxy) is 1. The van der Waals surface area contributed by atoms with E-state index >= 15 is 0 Å². The van der Waals surface area contributed by atoms with Crippen LogP contribution in [0.1, 0.15) is 47.3 Å². The van der Waals surface area contributed by atoms with Crippen LogP contribution >= 0.6 is 11.3 Å². The predicted molar refractivity (Wildman–Crippen MR) is 176 cm³/mol. The van der Waals surface area contributed by atoms with Crippen molar-refractivity contribution in [3.63, 3.8) is 0 Å². The largest absolute Gasteiger partial charge is 0.457 e. The van der Waals surface area contributed by atoms with Crippen molar-refractivity contribution in [3.05, 3.63) is 71.2 Å². The molecule has 10 nitrogen and oxygen atoms in total. The molecule has 2 saturated heterocycles. The number of carbonyl (C=O) groups excluding carboxylic acids is 3. The fourth-order valence-corrected chi connectivity index (χ4v) is 7.55. The number of thiophene rings is 1. The maximum Gasteiger partial charge on any atom is 0.331 e. The van der Waals surface area contributed by atoms with E-state index in [-0.39, 0.29) is 23.9 Å². The van der Waals surface area contributed by atoms with E-state index in [0.29, 0.717) is 52.2 Å². The Labute approximate surface area is 266 Å². The van der Waals surface area contributed by atoms with Gasteiger partial charge in [-0.15, -0.1) is 11.3 Å². The molecule has 11 heteroatoms. The van der Waals surface area contributed by atoms with Crippen molar-refractivity contribution in [1.82, 2.24) is 20.1 Å². The lowest BCUT2D eigenvalue weighted by atomic mass is 10.0. The Morgan fingerprint density at radius 3 is 2.62 bits per heavy atom. The van der Waals surface area contributed by atoms with Crippen LogP contribution in [0, 0.1) is 6.92 Å². The van der Waals surface area contributed by atoms with Crippen LogP contribution in [0.15, 0.2) is 60.8 Å². The second-order valence-electron chi connectivity index (χ2n) is 11.9. The van der Waals surface area contributed by atoms with E-state index in [1.165, 1.54) is 17.8 Å². The first-order chi connectivity index (χ1) is 21.9. The van der Waals surface area contributed by atoms with E-state index in [0.717, 1.165) is 55.5 Å². The van der Waals surface area contributed by atoms with Gasteiger partial charge < -0.3 is 20.3 Å². The standard InChI is InChI=1S/C34H36N6O4S/c1-22-19-25(44-24-10-4-2-5-11-24)12-13-26(22)40-27-14-15-35-33-29(27)30(37-34(40)43)31(45-33)32(42)36-23-9-8-18-39(20-23)28(41)21-38-16-6-3-7-17-38/h2,4-5,10-15,19,23H,3,6-9,16-18,20-21H2,1H3,(H,36,42)(H,37,43). The number of amides is 4. The second-order valence-corrected chi connectivity index (χ2v) is 12.9. The van der Waals surface area contributed by atoms with Gasteiger partial charge in [0.25, 0.3) is 5.91 Å². The fraction of sp³-hybridized carbons (Fsp3) is 0.353. The Hall–Kier alpha value is -4.48. The number of likely N-dealkylation sites (tertiary alicyclic amines) is 2. The highest BCUT2D eigenvalue weighted by Gasteiger charge is 2.34. The van der Waals surface area contributed by atoms with Crippen molar-refractivity contribution in [2.45, 2.75) is 45.1 Å². The number of carbonyl (C=O) groups is 3. The molecule has 232 valence electrons. The number of nitrogens with zero attached hydrogens (tertiary/aromatic N) is 4. The van der Waals surface area contributed by atoms with Gasteiger partial charge in [-0.2, -0.15) is 0 Å². The number of hydrogen-bond acceptors (Lipinski definition) is 7. The molecule has 3 aliphatic heterocycles. The molecule has 0 radical (unpaired) electrons. The van der Waals surface area contributed by atoms with E-state index in [1.807, 2.05) is 60.4 Å². The molecule has 0 spiro atoms. The summed E-state index contributed by atoms with van der Waals surface area (Å²) in [6, 6.07) is 16.5. The third-order valence-corrected chi connectivity index (χ3v) is 9.85. The van der Waals surface area contributed by atoms with Gasteiger partial charge in [0.05, 0.1) is 29.0 Å². The Morgan fingerprint density at radius 2 is 1.82 bits per heavy atom. The SMILES string of the molecule is Cc1cc(Oc2ccccc2)ccc1N1C(=O)Nc2c(C(=O)NC3CCCN(C(=O)CN4CCCCC4)C3)sc3nccc1c23. The molecule has 4 aromatic rings. The zero-order valence-electron chi connectivity index (χ0n) is 25.3. The molecular formula is C34H36N6O4S. The highest BCUT2D eigenvalue weighted by Crippen LogP contribution is 2.46. The van der Waals surface area contributed by atoms with Crippen LogP contribution in [0.4, 0.5) is 21.9 Å². The minimum absolute atomic E-state index is 0.129.